The van der Waals surface area contributed by atoms with E-state index >= 15 is 0 Å². The van der Waals surface area contributed by atoms with Crippen molar-refractivity contribution in [2.45, 2.75) is 38.2 Å². The molecule has 1 saturated carbocycles. The molecule has 0 aliphatic heterocycles. The second-order valence-corrected chi connectivity index (χ2v) is 6.25. The van der Waals surface area contributed by atoms with E-state index in [2.05, 4.69) is 6.92 Å². The van der Waals surface area contributed by atoms with Crippen molar-refractivity contribution < 1.29 is 5.11 Å². The molecular formula is C11H15ClOS. The van der Waals surface area contributed by atoms with Crippen LogP contribution in [0.5, 0.6) is 0 Å². The molecule has 1 aliphatic carbocycles. The smallest absolute Gasteiger partial charge is 0.0931 e. The van der Waals surface area contributed by atoms with E-state index in [1.165, 1.54) is 4.88 Å². The normalized spacial score (nSPS) is 32.4. The Morgan fingerprint density at radius 2 is 2.43 bits per heavy atom. The van der Waals surface area contributed by atoms with Crippen LogP contribution in [0.4, 0.5) is 0 Å². The molecule has 0 spiro atoms. The van der Waals surface area contributed by atoms with E-state index in [-0.39, 0.29) is 0 Å². The van der Waals surface area contributed by atoms with Gasteiger partial charge in [-0.2, -0.15) is 0 Å². The summed E-state index contributed by atoms with van der Waals surface area (Å²) in [6.45, 7) is 2.21. The maximum Gasteiger partial charge on any atom is 0.0931 e. The van der Waals surface area contributed by atoms with Gasteiger partial charge in [-0.3, -0.25) is 0 Å². The van der Waals surface area contributed by atoms with Crippen molar-refractivity contribution in [2.75, 3.05) is 0 Å². The van der Waals surface area contributed by atoms with Crippen molar-refractivity contribution in [1.82, 2.24) is 0 Å². The van der Waals surface area contributed by atoms with Crippen molar-refractivity contribution in [3.05, 3.63) is 21.3 Å². The van der Waals surface area contributed by atoms with Gasteiger partial charge < -0.3 is 5.11 Å². The highest BCUT2D eigenvalue weighted by Gasteiger charge is 2.35. The first-order valence-electron chi connectivity index (χ1n) is 5.04. The highest BCUT2D eigenvalue weighted by molar-refractivity contribution is 7.16. The summed E-state index contributed by atoms with van der Waals surface area (Å²) in [7, 11) is 0. The molecule has 2 rings (SSSR count). The van der Waals surface area contributed by atoms with Crippen LogP contribution in [-0.4, -0.2) is 10.7 Å². The Hall–Kier alpha value is -0.0500. The van der Waals surface area contributed by atoms with Crippen LogP contribution >= 0.6 is 22.9 Å². The molecule has 2 atom stereocenters. The summed E-state index contributed by atoms with van der Waals surface area (Å²) < 4.78 is 0.814. The van der Waals surface area contributed by atoms with Gasteiger partial charge in [0.15, 0.2) is 0 Å². The van der Waals surface area contributed by atoms with Gasteiger partial charge >= 0.3 is 0 Å². The summed E-state index contributed by atoms with van der Waals surface area (Å²) in [5, 5.41) is 10.3. The molecule has 0 radical (unpaired) electrons. The second kappa shape index (κ2) is 3.84. The lowest BCUT2D eigenvalue weighted by Gasteiger charge is -2.21. The van der Waals surface area contributed by atoms with Gasteiger partial charge in [0.25, 0.3) is 0 Å². The van der Waals surface area contributed by atoms with E-state index < -0.39 is 5.60 Å². The Kier molecular flexibility index (Phi) is 2.87. The third-order valence-electron chi connectivity index (χ3n) is 2.96. The molecule has 78 valence electrons. The molecule has 1 aliphatic rings. The molecule has 0 amide bonds. The minimum atomic E-state index is -0.465. The van der Waals surface area contributed by atoms with Gasteiger partial charge in [0.1, 0.15) is 0 Å². The first kappa shape index (κ1) is 10.5. The number of rotatable bonds is 2. The molecular weight excluding hydrogens is 216 g/mol. The summed E-state index contributed by atoms with van der Waals surface area (Å²) in [4.78, 5) is 1.20. The van der Waals surface area contributed by atoms with Crippen LogP contribution in [-0.2, 0) is 6.42 Å². The van der Waals surface area contributed by atoms with Crippen LogP contribution < -0.4 is 0 Å². The number of aliphatic hydroxyl groups is 1. The van der Waals surface area contributed by atoms with E-state index in [0.29, 0.717) is 5.92 Å². The number of hydrogen-bond acceptors (Lipinski definition) is 2. The van der Waals surface area contributed by atoms with Crippen LogP contribution in [0, 0.1) is 5.92 Å². The van der Waals surface area contributed by atoms with Crippen molar-refractivity contribution in [3.8, 4) is 0 Å². The largest absolute Gasteiger partial charge is 0.390 e. The zero-order valence-electron chi connectivity index (χ0n) is 8.29. The van der Waals surface area contributed by atoms with Crippen molar-refractivity contribution in [1.29, 1.82) is 0 Å². The fraction of sp³-hybridized carbons (Fsp3) is 0.636. The van der Waals surface area contributed by atoms with Crippen molar-refractivity contribution >= 4 is 22.9 Å². The number of hydrogen-bond donors (Lipinski definition) is 1. The van der Waals surface area contributed by atoms with E-state index in [9.17, 15) is 5.11 Å². The van der Waals surface area contributed by atoms with Gasteiger partial charge in [-0.1, -0.05) is 18.5 Å². The zero-order valence-corrected chi connectivity index (χ0v) is 9.87. The van der Waals surface area contributed by atoms with Gasteiger partial charge in [-0.25, -0.2) is 0 Å². The summed E-state index contributed by atoms with van der Waals surface area (Å²) in [6, 6.07) is 3.93. The summed E-state index contributed by atoms with van der Waals surface area (Å²) in [5.74, 6) is 0.662. The van der Waals surface area contributed by atoms with Crippen LogP contribution in [0.15, 0.2) is 12.1 Å². The summed E-state index contributed by atoms with van der Waals surface area (Å²) >= 11 is 7.44. The average Bonchev–Trinajstić information content (AvgIpc) is 2.60. The molecule has 1 fully saturated rings. The molecule has 1 N–H and O–H groups in total. The van der Waals surface area contributed by atoms with Gasteiger partial charge in [0.2, 0.25) is 0 Å². The van der Waals surface area contributed by atoms with Crippen LogP contribution in [0.1, 0.15) is 31.1 Å². The maximum absolute atomic E-state index is 10.3. The quantitative estimate of drug-likeness (QED) is 0.825. The van der Waals surface area contributed by atoms with Gasteiger partial charge in [-0.05, 0) is 37.3 Å². The summed E-state index contributed by atoms with van der Waals surface area (Å²) in [6.07, 6.45) is 3.79. The lowest BCUT2D eigenvalue weighted by atomic mass is 9.96. The predicted molar refractivity (Wildman–Crippen MR) is 61.0 cm³/mol. The second-order valence-electron chi connectivity index (χ2n) is 4.45. The lowest BCUT2D eigenvalue weighted by molar-refractivity contribution is 0.0454. The van der Waals surface area contributed by atoms with Crippen LogP contribution in [0.3, 0.4) is 0 Å². The SMILES string of the molecule is CC1CCC(O)(Cc2ccc(Cl)s2)C1. The standard InChI is InChI=1S/C11H15ClOS/c1-8-4-5-11(13,6-8)7-9-2-3-10(12)14-9/h2-3,8,13H,4-7H2,1H3. The van der Waals surface area contributed by atoms with Crippen molar-refractivity contribution in [3.63, 3.8) is 0 Å². The third kappa shape index (κ3) is 2.30. The van der Waals surface area contributed by atoms with E-state index in [4.69, 9.17) is 11.6 Å². The van der Waals surface area contributed by atoms with Gasteiger partial charge in [0, 0.05) is 11.3 Å². The monoisotopic (exact) mass is 230 g/mol. The highest BCUT2D eigenvalue weighted by Crippen LogP contribution is 2.38. The van der Waals surface area contributed by atoms with E-state index in [1.807, 2.05) is 12.1 Å². The van der Waals surface area contributed by atoms with Crippen LogP contribution in [0.2, 0.25) is 4.34 Å². The Labute approximate surface area is 93.7 Å². The lowest BCUT2D eigenvalue weighted by Crippen LogP contribution is -2.27. The zero-order chi connectivity index (χ0) is 10.2. The first-order valence-corrected chi connectivity index (χ1v) is 6.23. The molecule has 1 heterocycles. The third-order valence-corrected chi connectivity index (χ3v) is 4.19. The molecule has 1 aromatic heterocycles. The number of halogens is 1. The predicted octanol–water partition coefficient (Wildman–Crippen LogP) is 3.50. The molecule has 14 heavy (non-hydrogen) atoms. The molecule has 0 aromatic carbocycles. The average molecular weight is 231 g/mol. The Bertz CT molecular complexity index is 323. The van der Waals surface area contributed by atoms with Gasteiger partial charge in [0.05, 0.1) is 9.94 Å². The summed E-state index contributed by atoms with van der Waals surface area (Å²) in [5.41, 5.74) is -0.465. The number of thiophene rings is 1. The van der Waals surface area contributed by atoms with Gasteiger partial charge in [-0.15, -0.1) is 11.3 Å². The molecule has 3 heteroatoms. The molecule has 1 nitrogen and oxygen atoms in total. The maximum atomic E-state index is 10.3. The van der Waals surface area contributed by atoms with E-state index in [1.54, 1.807) is 11.3 Å². The Morgan fingerprint density at radius 3 is 2.93 bits per heavy atom. The minimum absolute atomic E-state index is 0.465. The fourth-order valence-electron chi connectivity index (χ4n) is 2.30. The molecule has 0 saturated heterocycles. The molecule has 0 bridgehead atoms. The first-order chi connectivity index (χ1) is 6.57. The van der Waals surface area contributed by atoms with E-state index in [0.717, 1.165) is 30.0 Å². The van der Waals surface area contributed by atoms with Crippen molar-refractivity contribution in [2.24, 2.45) is 5.92 Å². The van der Waals surface area contributed by atoms with Crippen LogP contribution in [0.25, 0.3) is 0 Å². The molecule has 2 unspecified atom stereocenters. The molecule has 1 aromatic rings. The topological polar surface area (TPSA) is 20.2 Å². The highest BCUT2D eigenvalue weighted by atomic mass is 35.5. The fourth-order valence-corrected chi connectivity index (χ4v) is 3.52. The Morgan fingerprint density at radius 1 is 1.64 bits per heavy atom. The Balaban J connectivity index is 2.03. The minimum Gasteiger partial charge on any atom is -0.390 e.